The third-order valence-corrected chi connectivity index (χ3v) is 4.33. The van der Waals surface area contributed by atoms with Crippen LogP contribution < -0.4 is 4.74 Å². The molecule has 1 fully saturated rings. The lowest BCUT2D eigenvalue weighted by Crippen LogP contribution is -2.47. The molecule has 2 rings (SSSR count). The molecule has 1 unspecified atom stereocenters. The summed E-state index contributed by atoms with van der Waals surface area (Å²) in [5, 5.41) is 9.90. The van der Waals surface area contributed by atoms with Gasteiger partial charge >= 0.3 is 5.97 Å². The van der Waals surface area contributed by atoms with Crippen molar-refractivity contribution in [1.29, 1.82) is 0 Å². The number of aliphatic carboxylic acids is 1. The third kappa shape index (κ3) is 5.50. The molecule has 1 aliphatic rings. The number of carboxylic acids is 1. The standard InChI is InChI=1S/C16H22Cl2N2O4/c1-19(10-15(21)22)8-13-9-20(3-4-24-13)7-11-5-12(17)6-14(18)16(11)23-2/h5-6,13H,3-4,7-10H2,1-2H3,(H,21,22). The van der Waals surface area contributed by atoms with Crippen molar-refractivity contribution in [1.82, 2.24) is 9.80 Å². The lowest BCUT2D eigenvalue weighted by atomic mass is 10.1. The molecule has 0 spiro atoms. The fourth-order valence-electron chi connectivity index (χ4n) is 2.88. The number of ether oxygens (including phenoxy) is 2. The van der Waals surface area contributed by atoms with Gasteiger partial charge < -0.3 is 14.6 Å². The van der Waals surface area contributed by atoms with Crippen molar-refractivity contribution in [3.63, 3.8) is 0 Å². The van der Waals surface area contributed by atoms with Crippen molar-refractivity contribution in [3.05, 3.63) is 27.7 Å². The number of nitrogens with zero attached hydrogens (tertiary/aromatic N) is 2. The summed E-state index contributed by atoms with van der Waals surface area (Å²) >= 11 is 12.3. The molecule has 1 N–H and O–H groups in total. The minimum atomic E-state index is -0.844. The van der Waals surface area contributed by atoms with Crippen LogP contribution in [0.3, 0.4) is 0 Å². The maximum absolute atomic E-state index is 10.8. The molecule has 1 aromatic rings. The van der Waals surface area contributed by atoms with Gasteiger partial charge in [-0.1, -0.05) is 23.2 Å². The van der Waals surface area contributed by atoms with Crippen LogP contribution in [0.25, 0.3) is 0 Å². The highest BCUT2D eigenvalue weighted by atomic mass is 35.5. The van der Waals surface area contributed by atoms with E-state index in [4.69, 9.17) is 37.8 Å². The molecule has 0 radical (unpaired) electrons. The fraction of sp³-hybridized carbons (Fsp3) is 0.562. The summed E-state index contributed by atoms with van der Waals surface area (Å²) in [4.78, 5) is 14.7. The molecule has 1 atom stereocenters. The first-order valence-electron chi connectivity index (χ1n) is 7.65. The molecule has 24 heavy (non-hydrogen) atoms. The lowest BCUT2D eigenvalue weighted by Gasteiger charge is -2.34. The number of halogens is 2. The maximum Gasteiger partial charge on any atom is 0.317 e. The van der Waals surface area contributed by atoms with Gasteiger partial charge in [-0.2, -0.15) is 0 Å². The summed E-state index contributed by atoms with van der Waals surface area (Å²) in [5.41, 5.74) is 0.926. The highest BCUT2D eigenvalue weighted by Gasteiger charge is 2.23. The topological polar surface area (TPSA) is 62.2 Å². The first kappa shape index (κ1) is 19.3. The maximum atomic E-state index is 10.8. The molecule has 0 aliphatic carbocycles. The predicted molar refractivity (Wildman–Crippen MR) is 93.2 cm³/mol. The number of carboxylic acid groups (broad SMARTS) is 1. The van der Waals surface area contributed by atoms with Gasteiger partial charge in [-0.05, 0) is 19.2 Å². The Labute approximate surface area is 151 Å². The van der Waals surface area contributed by atoms with Crippen LogP contribution in [0.2, 0.25) is 10.0 Å². The Balaban J connectivity index is 1.99. The SMILES string of the molecule is COc1c(Cl)cc(Cl)cc1CN1CCOC(CN(C)CC(=O)O)C1. The monoisotopic (exact) mass is 376 g/mol. The lowest BCUT2D eigenvalue weighted by molar-refractivity contribution is -0.138. The summed E-state index contributed by atoms with van der Waals surface area (Å²) in [5.74, 6) is -0.212. The van der Waals surface area contributed by atoms with Crippen molar-refractivity contribution in [3.8, 4) is 5.75 Å². The summed E-state index contributed by atoms with van der Waals surface area (Å²) in [6.07, 6.45) is -0.0382. The molecule has 1 aromatic carbocycles. The summed E-state index contributed by atoms with van der Waals surface area (Å²) in [7, 11) is 3.36. The number of morpholine rings is 1. The van der Waals surface area contributed by atoms with Gasteiger partial charge in [-0.3, -0.25) is 14.6 Å². The zero-order valence-corrected chi connectivity index (χ0v) is 15.3. The molecule has 1 aliphatic heterocycles. The Kier molecular flexibility index (Phi) is 7.13. The number of rotatable bonds is 7. The number of likely N-dealkylation sites (N-methyl/N-ethyl adjacent to an activating group) is 1. The number of carbonyl (C=O) groups is 1. The first-order chi connectivity index (χ1) is 11.4. The summed E-state index contributed by atoms with van der Waals surface area (Å²) in [6.45, 7) is 3.30. The van der Waals surface area contributed by atoms with Gasteiger partial charge in [0.15, 0.2) is 0 Å². The second-order valence-corrected chi connectivity index (χ2v) is 6.74. The van der Waals surface area contributed by atoms with Crippen LogP contribution >= 0.6 is 23.2 Å². The second kappa shape index (κ2) is 8.87. The van der Waals surface area contributed by atoms with Crippen LogP contribution in [0.15, 0.2) is 12.1 Å². The Hall–Kier alpha value is -1.05. The molecule has 6 nitrogen and oxygen atoms in total. The quantitative estimate of drug-likeness (QED) is 0.786. The van der Waals surface area contributed by atoms with Gasteiger partial charge in [0.05, 0.1) is 31.4 Å². The Morgan fingerprint density at radius 2 is 2.25 bits per heavy atom. The van der Waals surface area contributed by atoms with E-state index >= 15 is 0 Å². The minimum Gasteiger partial charge on any atom is -0.495 e. The van der Waals surface area contributed by atoms with Crippen LogP contribution in [0.5, 0.6) is 5.75 Å². The van der Waals surface area contributed by atoms with Crippen molar-refractivity contribution in [2.24, 2.45) is 0 Å². The predicted octanol–water partition coefficient (Wildman–Crippen LogP) is 2.22. The van der Waals surface area contributed by atoms with E-state index in [0.717, 1.165) is 12.1 Å². The van der Waals surface area contributed by atoms with Gasteiger partial charge in [0.2, 0.25) is 0 Å². The largest absolute Gasteiger partial charge is 0.495 e. The van der Waals surface area contributed by atoms with E-state index in [-0.39, 0.29) is 12.6 Å². The number of hydrogen-bond donors (Lipinski definition) is 1. The Morgan fingerprint density at radius 3 is 2.92 bits per heavy atom. The summed E-state index contributed by atoms with van der Waals surface area (Å²) < 4.78 is 11.1. The molecule has 8 heteroatoms. The van der Waals surface area contributed by atoms with Crippen molar-refractivity contribution >= 4 is 29.2 Å². The average molecular weight is 377 g/mol. The molecule has 1 heterocycles. The van der Waals surface area contributed by atoms with Crippen molar-refractivity contribution in [2.45, 2.75) is 12.6 Å². The zero-order chi connectivity index (χ0) is 17.7. The molecule has 0 saturated carbocycles. The average Bonchev–Trinajstić information content (AvgIpc) is 2.46. The summed E-state index contributed by atoms with van der Waals surface area (Å²) in [6, 6.07) is 3.52. The first-order valence-corrected chi connectivity index (χ1v) is 8.41. The van der Waals surface area contributed by atoms with Crippen LogP contribution in [0, 0.1) is 0 Å². The number of methoxy groups -OCH3 is 1. The van der Waals surface area contributed by atoms with E-state index in [1.54, 1.807) is 25.1 Å². The molecule has 1 saturated heterocycles. The normalized spacial score (nSPS) is 18.8. The van der Waals surface area contributed by atoms with Gasteiger partial charge in [0.25, 0.3) is 0 Å². The Morgan fingerprint density at radius 1 is 1.50 bits per heavy atom. The van der Waals surface area contributed by atoms with E-state index in [1.165, 1.54) is 0 Å². The minimum absolute atomic E-state index is 0.00240. The molecule has 0 bridgehead atoms. The number of hydrogen-bond acceptors (Lipinski definition) is 5. The van der Waals surface area contributed by atoms with Crippen molar-refractivity contribution in [2.75, 3.05) is 46.9 Å². The van der Waals surface area contributed by atoms with Gasteiger partial charge in [-0.15, -0.1) is 0 Å². The van der Waals surface area contributed by atoms with Crippen LogP contribution in [0.4, 0.5) is 0 Å². The van der Waals surface area contributed by atoms with Crippen molar-refractivity contribution < 1.29 is 19.4 Å². The fourth-order valence-corrected chi connectivity index (χ4v) is 3.49. The Bertz CT molecular complexity index is 585. The molecular weight excluding hydrogens is 355 g/mol. The van der Waals surface area contributed by atoms with E-state index in [9.17, 15) is 4.79 Å². The number of benzene rings is 1. The van der Waals surface area contributed by atoms with Crippen LogP contribution in [-0.2, 0) is 16.1 Å². The van der Waals surface area contributed by atoms with E-state index in [0.29, 0.717) is 42.0 Å². The highest BCUT2D eigenvalue weighted by Crippen LogP contribution is 2.33. The van der Waals surface area contributed by atoms with Gasteiger partial charge in [0, 0.05) is 36.8 Å². The molecule has 134 valence electrons. The molecular formula is C16H22Cl2N2O4. The zero-order valence-electron chi connectivity index (χ0n) is 13.8. The van der Waals surface area contributed by atoms with E-state index in [1.807, 2.05) is 6.07 Å². The van der Waals surface area contributed by atoms with Gasteiger partial charge in [0.1, 0.15) is 5.75 Å². The van der Waals surface area contributed by atoms with Crippen LogP contribution in [0.1, 0.15) is 5.56 Å². The third-order valence-electron chi connectivity index (χ3n) is 3.83. The van der Waals surface area contributed by atoms with Crippen LogP contribution in [-0.4, -0.2) is 73.9 Å². The highest BCUT2D eigenvalue weighted by molar-refractivity contribution is 6.35. The second-order valence-electron chi connectivity index (χ2n) is 5.90. The van der Waals surface area contributed by atoms with Gasteiger partial charge in [-0.25, -0.2) is 0 Å². The molecule has 0 aromatic heterocycles. The van der Waals surface area contributed by atoms with E-state index < -0.39 is 5.97 Å². The van der Waals surface area contributed by atoms with E-state index in [2.05, 4.69) is 4.90 Å². The smallest absolute Gasteiger partial charge is 0.317 e. The molecule has 0 amide bonds.